The van der Waals surface area contributed by atoms with Crippen LogP contribution in [0.3, 0.4) is 0 Å². The minimum absolute atomic E-state index is 0.0161. The van der Waals surface area contributed by atoms with Gasteiger partial charge in [-0.2, -0.15) is 8.61 Å². The molecule has 160 valence electrons. The zero-order valence-corrected chi connectivity index (χ0v) is 18.6. The van der Waals surface area contributed by atoms with Crippen molar-refractivity contribution < 1.29 is 21.9 Å². The van der Waals surface area contributed by atoms with Gasteiger partial charge in [0.05, 0.1) is 16.4 Å². The van der Waals surface area contributed by atoms with Crippen LogP contribution in [0.5, 0.6) is 0 Å². The fourth-order valence-corrected chi connectivity index (χ4v) is 5.72. The van der Waals surface area contributed by atoms with Crippen LogP contribution < -0.4 is 0 Å². The number of benzene rings is 2. The van der Waals surface area contributed by atoms with Gasteiger partial charge in [-0.25, -0.2) is 16.8 Å². The van der Waals surface area contributed by atoms with Crippen LogP contribution in [0.2, 0.25) is 0 Å². The third-order valence-corrected chi connectivity index (χ3v) is 8.52. The van der Waals surface area contributed by atoms with Crippen LogP contribution in [0.25, 0.3) is 0 Å². The highest BCUT2D eigenvalue weighted by molar-refractivity contribution is 7.89. The second-order valence-electron chi connectivity index (χ2n) is 6.75. The van der Waals surface area contributed by atoms with Gasteiger partial charge in [-0.3, -0.25) is 0 Å². The molecule has 29 heavy (non-hydrogen) atoms. The van der Waals surface area contributed by atoms with E-state index in [0.29, 0.717) is 0 Å². The minimum atomic E-state index is -3.85. The van der Waals surface area contributed by atoms with Crippen LogP contribution in [-0.2, 0) is 20.0 Å². The minimum Gasteiger partial charge on any atom is -0.395 e. The average molecular weight is 441 g/mol. The zero-order chi connectivity index (χ0) is 21.7. The molecule has 0 atom stereocenters. The van der Waals surface area contributed by atoms with Gasteiger partial charge in [0.1, 0.15) is 0 Å². The van der Waals surface area contributed by atoms with Gasteiger partial charge in [-0.05, 0) is 38.1 Å². The van der Waals surface area contributed by atoms with Gasteiger partial charge in [0, 0.05) is 26.2 Å². The predicted octanol–water partition coefficient (Wildman–Crippen LogP) is 2.00. The molecule has 0 radical (unpaired) electrons. The molecule has 0 aliphatic heterocycles. The number of nitrogens with zero attached hydrogens (tertiary/aromatic N) is 2. The molecule has 2 rings (SSSR count). The maximum atomic E-state index is 12.9. The van der Waals surface area contributed by atoms with E-state index in [0.717, 1.165) is 15.4 Å². The molecule has 2 aromatic rings. The predicted molar refractivity (Wildman–Crippen MR) is 113 cm³/mol. The Labute approximate surface area is 173 Å². The molecule has 0 spiro atoms. The standard InChI is InChI=1S/C20H28N2O5S2/c1-4-21(28(24,25)19-9-5-17(2)6-10-19)13-14-22(15-16-23)29(26,27)20-11-7-18(3)8-12-20/h5-12,23H,4,13-16H2,1-3H3. The summed E-state index contributed by atoms with van der Waals surface area (Å²) in [6.45, 7) is 5.09. The summed E-state index contributed by atoms with van der Waals surface area (Å²) in [4.78, 5) is 0.279. The number of aliphatic hydroxyl groups is 1. The molecule has 0 unspecified atom stereocenters. The lowest BCUT2D eigenvalue weighted by Gasteiger charge is -2.26. The molecule has 1 N–H and O–H groups in total. The first-order valence-electron chi connectivity index (χ1n) is 9.37. The summed E-state index contributed by atoms with van der Waals surface area (Å²) in [6, 6.07) is 12.9. The van der Waals surface area contributed by atoms with Crippen molar-refractivity contribution in [2.24, 2.45) is 0 Å². The van der Waals surface area contributed by atoms with E-state index >= 15 is 0 Å². The van der Waals surface area contributed by atoms with E-state index in [4.69, 9.17) is 0 Å². The summed E-state index contributed by atoms with van der Waals surface area (Å²) < 4.78 is 54.1. The Morgan fingerprint density at radius 1 is 0.690 bits per heavy atom. The molecule has 0 saturated heterocycles. The lowest BCUT2D eigenvalue weighted by atomic mass is 10.2. The molecule has 0 aliphatic carbocycles. The number of aliphatic hydroxyl groups excluding tert-OH is 1. The van der Waals surface area contributed by atoms with Crippen LogP contribution in [0.15, 0.2) is 58.3 Å². The molecule has 0 heterocycles. The van der Waals surface area contributed by atoms with Crippen molar-refractivity contribution in [2.75, 3.05) is 32.8 Å². The van der Waals surface area contributed by atoms with Crippen molar-refractivity contribution >= 4 is 20.0 Å². The van der Waals surface area contributed by atoms with Gasteiger partial charge in [0.15, 0.2) is 0 Å². The highest BCUT2D eigenvalue weighted by atomic mass is 32.2. The van der Waals surface area contributed by atoms with E-state index in [1.165, 1.54) is 16.4 Å². The van der Waals surface area contributed by atoms with Crippen LogP contribution in [0, 0.1) is 13.8 Å². The van der Waals surface area contributed by atoms with Gasteiger partial charge >= 0.3 is 0 Å². The van der Waals surface area contributed by atoms with Crippen molar-refractivity contribution in [3.05, 3.63) is 59.7 Å². The topological polar surface area (TPSA) is 95.0 Å². The van der Waals surface area contributed by atoms with Crippen molar-refractivity contribution in [1.29, 1.82) is 0 Å². The summed E-state index contributed by atoms with van der Waals surface area (Å²) in [6.07, 6.45) is 0. The monoisotopic (exact) mass is 440 g/mol. The maximum Gasteiger partial charge on any atom is 0.243 e. The SMILES string of the molecule is CCN(CCN(CCO)S(=O)(=O)c1ccc(C)cc1)S(=O)(=O)c1ccc(C)cc1. The Morgan fingerprint density at radius 3 is 1.45 bits per heavy atom. The second kappa shape index (κ2) is 9.82. The summed E-state index contributed by atoms with van der Waals surface area (Å²) in [5, 5.41) is 9.34. The first-order chi connectivity index (χ1) is 13.6. The molecule has 0 bridgehead atoms. The molecule has 0 amide bonds. The zero-order valence-electron chi connectivity index (χ0n) is 16.9. The van der Waals surface area contributed by atoms with E-state index < -0.39 is 20.0 Å². The Morgan fingerprint density at radius 2 is 1.07 bits per heavy atom. The second-order valence-corrected chi connectivity index (χ2v) is 10.6. The van der Waals surface area contributed by atoms with E-state index in [-0.39, 0.29) is 42.6 Å². The highest BCUT2D eigenvalue weighted by Gasteiger charge is 2.28. The van der Waals surface area contributed by atoms with E-state index in [2.05, 4.69) is 0 Å². The third-order valence-electron chi connectivity index (χ3n) is 4.62. The lowest BCUT2D eigenvalue weighted by Crippen LogP contribution is -2.42. The molecule has 0 aliphatic rings. The fourth-order valence-electron chi connectivity index (χ4n) is 2.85. The van der Waals surface area contributed by atoms with Gasteiger partial charge in [-0.1, -0.05) is 42.3 Å². The van der Waals surface area contributed by atoms with Gasteiger partial charge in [0.25, 0.3) is 0 Å². The van der Waals surface area contributed by atoms with Crippen molar-refractivity contribution in [2.45, 2.75) is 30.6 Å². The number of likely N-dealkylation sites (N-methyl/N-ethyl adjacent to an activating group) is 1. The van der Waals surface area contributed by atoms with Crippen molar-refractivity contribution in [1.82, 2.24) is 8.61 Å². The summed E-state index contributed by atoms with van der Waals surface area (Å²) >= 11 is 0. The first kappa shape index (κ1) is 23.5. The lowest BCUT2D eigenvalue weighted by molar-refractivity contribution is 0.247. The fraction of sp³-hybridized carbons (Fsp3) is 0.400. The van der Waals surface area contributed by atoms with Crippen LogP contribution in [-0.4, -0.2) is 63.3 Å². The molecular formula is C20H28N2O5S2. The molecule has 9 heteroatoms. The number of aryl methyl sites for hydroxylation is 2. The average Bonchev–Trinajstić information content (AvgIpc) is 2.68. The van der Waals surface area contributed by atoms with Crippen LogP contribution >= 0.6 is 0 Å². The summed E-state index contributed by atoms with van der Waals surface area (Å²) in [5.41, 5.74) is 1.88. The highest BCUT2D eigenvalue weighted by Crippen LogP contribution is 2.19. The normalized spacial score (nSPS) is 12.6. The maximum absolute atomic E-state index is 12.9. The Hall–Kier alpha value is -1.78. The quantitative estimate of drug-likeness (QED) is 0.610. The van der Waals surface area contributed by atoms with E-state index in [1.54, 1.807) is 43.3 Å². The van der Waals surface area contributed by atoms with E-state index in [9.17, 15) is 21.9 Å². The Balaban J connectivity index is 2.23. The number of hydrogen-bond acceptors (Lipinski definition) is 5. The molecule has 2 aromatic carbocycles. The summed E-state index contributed by atoms with van der Waals surface area (Å²) in [7, 11) is -7.59. The Bertz CT molecular complexity index is 1000. The summed E-state index contributed by atoms with van der Waals surface area (Å²) in [5.74, 6) is 0. The first-order valence-corrected chi connectivity index (χ1v) is 12.3. The van der Waals surface area contributed by atoms with Crippen LogP contribution in [0.1, 0.15) is 18.1 Å². The Kier molecular flexibility index (Phi) is 7.95. The molecule has 0 aromatic heterocycles. The number of sulfonamides is 2. The van der Waals surface area contributed by atoms with Crippen LogP contribution in [0.4, 0.5) is 0 Å². The smallest absolute Gasteiger partial charge is 0.243 e. The van der Waals surface area contributed by atoms with E-state index in [1.807, 2.05) is 13.8 Å². The molecular weight excluding hydrogens is 412 g/mol. The largest absolute Gasteiger partial charge is 0.395 e. The van der Waals surface area contributed by atoms with Crippen molar-refractivity contribution in [3.8, 4) is 0 Å². The van der Waals surface area contributed by atoms with Gasteiger partial charge in [0.2, 0.25) is 20.0 Å². The van der Waals surface area contributed by atoms with Gasteiger partial charge in [-0.15, -0.1) is 0 Å². The molecule has 7 nitrogen and oxygen atoms in total. The van der Waals surface area contributed by atoms with Crippen molar-refractivity contribution in [3.63, 3.8) is 0 Å². The third kappa shape index (κ3) is 5.64. The molecule has 0 fully saturated rings. The van der Waals surface area contributed by atoms with Gasteiger partial charge < -0.3 is 5.11 Å². The molecule has 0 saturated carbocycles. The number of hydrogen-bond donors (Lipinski definition) is 1. The number of rotatable bonds is 10.